The first-order valence-electron chi connectivity index (χ1n) is 6.12. The van der Waals surface area contributed by atoms with Crippen LogP contribution in [-0.4, -0.2) is 53.7 Å². The van der Waals surface area contributed by atoms with E-state index in [0.29, 0.717) is 18.6 Å². The Balaban J connectivity index is 1.73. The summed E-state index contributed by atoms with van der Waals surface area (Å²) in [5, 5.41) is 12.0. The zero-order valence-corrected chi connectivity index (χ0v) is 9.56. The highest BCUT2D eigenvalue weighted by Crippen LogP contribution is 2.26. The number of carbonyl (C=O) groups is 1. The molecule has 92 valence electrons. The second-order valence-electron chi connectivity index (χ2n) is 4.91. The summed E-state index contributed by atoms with van der Waals surface area (Å²) in [4.78, 5) is 13.1. The van der Waals surface area contributed by atoms with Crippen LogP contribution in [0.4, 0.5) is 0 Å². The van der Waals surface area contributed by atoms with Crippen molar-refractivity contribution in [1.29, 1.82) is 0 Å². The van der Waals surface area contributed by atoms with Crippen LogP contribution >= 0.6 is 0 Å². The topological polar surface area (TPSA) is 78.6 Å². The van der Waals surface area contributed by atoms with Gasteiger partial charge in [-0.3, -0.25) is 4.79 Å². The molecule has 0 aromatic rings. The Hall–Kier alpha value is -0.650. The molecule has 3 atom stereocenters. The van der Waals surface area contributed by atoms with Gasteiger partial charge in [0.1, 0.15) is 6.04 Å². The van der Waals surface area contributed by atoms with Gasteiger partial charge in [-0.25, -0.2) is 0 Å². The Labute approximate surface area is 96.0 Å². The number of nitrogens with two attached hydrogens (primary N) is 1. The number of piperidine rings is 1. The Morgan fingerprint density at radius 2 is 2.31 bits per heavy atom. The molecule has 2 saturated heterocycles. The van der Waals surface area contributed by atoms with E-state index in [1.54, 1.807) is 0 Å². The number of rotatable bonds is 4. The lowest BCUT2D eigenvalue weighted by Crippen LogP contribution is -2.49. The number of aliphatic carboxylic acids is 1. The molecule has 3 unspecified atom stereocenters. The number of hydrogen-bond acceptors (Lipinski definition) is 4. The van der Waals surface area contributed by atoms with Gasteiger partial charge in [-0.2, -0.15) is 0 Å². The lowest BCUT2D eigenvalue weighted by Gasteiger charge is -2.35. The van der Waals surface area contributed by atoms with Crippen LogP contribution in [0.15, 0.2) is 0 Å². The van der Waals surface area contributed by atoms with Crippen LogP contribution in [0.1, 0.15) is 25.7 Å². The van der Waals surface area contributed by atoms with Crippen LogP contribution in [0.3, 0.4) is 0 Å². The highest BCUT2D eigenvalue weighted by atomic mass is 16.4. The average molecular weight is 227 g/mol. The second-order valence-corrected chi connectivity index (χ2v) is 4.91. The van der Waals surface area contributed by atoms with Gasteiger partial charge in [-0.1, -0.05) is 0 Å². The van der Waals surface area contributed by atoms with Gasteiger partial charge >= 0.3 is 5.97 Å². The predicted molar refractivity (Wildman–Crippen MR) is 61.2 cm³/mol. The molecule has 0 saturated carbocycles. The van der Waals surface area contributed by atoms with E-state index >= 15 is 0 Å². The van der Waals surface area contributed by atoms with Crippen LogP contribution in [-0.2, 0) is 4.79 Å². The number of fused-ring (bicyclic) bond motifs is 1. The fourth-order valence-corrected chi connectivity index (χ4v) is 2.79. The summed E-state index contributed by atoms with van der Waals surface area (Å²) in [5.41, 5.74) is 5.47. The molecule has 0 radical (unpaired) electrons. The highest BCUT2D eigenvalue weighted by Gasteiger charge is 2.31. The van der Waals surface area contributed by atoms with Crippen LogP contribution in [0.25, 0.3) is 0 Å². The Kier molecular flexibility index (Phi) is 3.78. The molecule has 4 N–H and O–H groups in total. The van der Waals surface area contributed by atoms with Crippen molar-refractivity contribution in [2.24, 2.45) is 5.73 Å². The molecular weight excluding hydrogens is 206 g/mol. The number of carboxylic acids is 1. The highest BCUT2D eigenvalue weighted by molar-refractivity contribution is 5.73. The third-order valence-corrected chi connectivity index (χ3v) is 3.76. The molecule has 2 aliphatic heterocycles. The lowest BCUT2D eigenvalue weighted by atomic mass is 9.97. The Morgan fingerprint density at radius 3 is 3.06 bits per heavy atom. The van der Waals surface area contributed by atoms with E-state index in [9.17, 15) is 4.79 Å². The van der Waals surface area contributed by atoms with Gasteiger partial charge in [0.15, 0.2) is 0 Å². The molecule has 0 aromatic carbocycles. The van der Waals surface area contributed by atoms with Gasteiger partial charge in [0.05, 0.1) is 0 Å². The quantitative estimate of drug-likeness (QED) is 0.610. The molecule has 5 heteroatoms. The molecular formula is C11H21N3O2. The summed E-state index contributed by atoms with van der Waals surface area (Å²) in [6, 6.07) is 0.388. The minimum atomic E-state index is -0.925. The number of carboxylic acid groups (broad SMARTS) is 1. The van der Waals surface area contributed by atoms with E-state index in [-0.39, 0.29) is 0 Å². The van der Waals surface area contributed by atoms with Crippen molar-refractivity contribution in [2.75, 3.05) is 19.6 Å². The zero-order valence-electron chi connectivity index (χ0n) is 9.56. The van der Waals surface area contributed by atoms with Gasteiger partial charge in [0.2, 0.25) is 0 Å². The van der Waals surface area contributed by atoms with E-state index in [2.05, 4.69) is 10.2 Å². The molecule has 5 nitrogen and oxygen atoms in total. The summed E-state index contributed by atoms with van der Waals surface area (Å²) < 4.78 is 0. The average Bonchev–Trinajstić information content (AvgIpc) is 2.72. The fourth-order valence-electron chi connectivity index (χ4n) is 2.79. The monoisotopic (exact) mass is 227 g/mol. The van der Waals surface area contributed by atoms with Gasteiger partial charge in [0.25, 0.3) is 0 Å². The third kappa shape index (κ3) is 2.72. The number of nitrogens with one attached hydrogen (secondary N) is 1. The molecule has 0 aromatic heterocycles. The fraction of sp³-hybridized carbons (Fsp3) is 0.909. The maximum Gasteiger partial charge on any atom is 0.321 e. The Morgan fingerprint density at radius 1 is 1.50 bits per heavy atom. The van der Waals surface area contributed by atoms with Gasteiger partial charge < -0.3 is 21.1 Å². The standard InChI is InChI=1S/C11H21N3O2/c12-10(11(15)16)7-13-8-3-5-14-4-1-2-9(14)6-8/h8-10,13H,1-7,12H2,(H,15,16). The van der Waals surface area contributed by atoms with Gasteiger partial charge in [-0.05, 0) is 38.8 Å². The molecule has 2 heterocycles. The summed E-state index contributed by atoms with van der Waals surface area (Å²) in [5.74, 6) is -0.925. The summed E-state index contributed by atoms with van der Waals surface area (Å²) in [6.07, 6.45) is 4.87. The summed E-state index contributed by atoms with van der Waals surface area (Å²) in [7, 11) is 0. The third-order valence-electron chi connectivity index (χ3n) is 3.76. The smallest absolute Gasteiger partial charge is 0.321 e. The minimum absolute atomic E-state index is 0.382. The molecule has 0 spiro atoms. The van der Waals surface area contributed by atoms with Crippen molar-refractivity contribution in [3.63, 3.8) is 0 Å². The second kappa shape index (κ2) is 5.12. The lowest BCUT2D eigenvalue weighted by molar-refractivity contribution is -0.138. The molecule has 2 fully saturated rings. The van der Waals surface area contributed by atoms with Crippen LogP contribution < -0.4 is 11.1 Å². The summed E-state index contributed by atoms with van der Waals surface area (Å²) >= 11 is 0. The van der Waals surface area contributed by atoms with E-state index < -0.39 is 12.0 Å². The normalized spacial score (nSPS) is 32.3. The molecule has 2 rings (SSSR count). The maximum absolute atomic E-state index is 10.6. The first kappa shape index (κ1) is 11.8. The number of hydrogen-bond donors (Lipinski definition) is 3. The maximum atomic E-state index is 10.6. The first-order valence-corrected chi connectivity index (χ1v) is 6.12. The van der Waals surface area contributed by atoms with Gasteiger partial charge in [0, 0.05) is 18.6 Å². The van der Waals surface area contributed by atoms with Crippen molar-refractivity contribution < 1.29 is 9.90 Å². The first-order chi connectivity index (χ1) is 7.66. The summed E-state index contributed by atoms with van der Waals surface area (Å²) in [6.45, 7) is 2.77. The Bertz CT molecular complexity index is 260. The van der Waals surface area contributed by atoms with Crippen molar-refractivity contribution in [2.45, 2.75) is 43.8 Å². The van der Waals surface area contributed by atoms with E-state index in [4.69, 9.17) is 10.8 Å². The van der Waals surface area contributed by atoms with Crippen molar-refractivity contribution >= 4 is 5.97 Å². The SMILES string of the molecule is NC(CNC1CCN2CCCC2C1)C(=O)O. The number of nitrogens with zero attached hydrogens (tertiary/aromatic N) is 1. The zero-order chi connectivity index (χ0) is 11.5. The molecule has 2 aliphatic rings. The van der Waals surface area contributed by atoms with Crippen LogP contribution in [0.5, 0.6) is 0 Å². The van der Waals surface area contributed by atoms with E-state index in [1.807, 2.05) is 0 Å². The predicted octanol–water partition coefficient (Wildman–Crippen LogP) is -0.385. The van der Waals surface area contributed by atoms with Crippen LogP contribution in [0.2, 0.25) is 0 Å². The van der Waals surface area contributed by atoms with Crippen molar-refractivity contribution in [3.8, 4) is 0 Å². The molecule has 0 amide bonds. The van der Waals surface area contributed by atoms with Crippen molar-refractivity contribution in [1.82, 2.24) is 10.2 Å². The molecule has 0 aliphatic carbocycles. The molecule has 16 heavy (non-hydrogen) atoms. The van der Waals surface area contributed by atoms with E-state index in [0.717, 1.165) is 19.4 Å². The van der Waals surface area contributed by atoms with E-state index in [1.165, 1.54) is 19.4 Å². The largest absolute Gasteiger partial charge is 0.480 e. The van der Waals surface area contributed by atoms with Crippen LogP contribution in [0, 0.1) is 0 Å². The minimum Gasteiger partial charge on any atom is -0.480 e. The molecule has 0 bridgehead atoms. The van der Waals surface area contributed by atoms with Gasteiger partial charge in [-0.15, -0.1) is 0 Å². The van der Waals surface area contributed by atoms with Crippen molar-refractivity contribution in [3.05, 3.63) is 0 Å².